The van der Waals surface area contributed by atoms with E-state index in [9.17, 15) is 46.7 Å². The van der Waals surface area contributed by atoms with Crippen LogP contribution in [-0.4, -0.2) is 99.9 Å². The van der Waals surface area contributed by atoms with Gasteiger partial charge >= 0.3 is 0 Å². The van der Waals surface area contributed by atoms with Gasteiger partial charge in [-0.3, -0.25) is 29.8 Å². The first-order valence-electron chi connectivity index (χ1n) is 19.5. The number of nitrogens with one attached hydrogen (secondary N) is 2. The van der Waals surface area contributed by atoms with Gasteiger partial charge in [-0.05, 0) is 69.4 Å². The number of anilines is 2. The Morgan fingerprint density at radius 1 is 0.641 bits per heavy atom. The number of hydrogen-bond donors (Lipinski definition) is 4. The molecule has 2 heterocycles. The highest BCUT2D eigenvalue weighted by Crippen LogP contribution is 2.47. The predicted molar refractivity (Wildman–Crippen MR) is 242 cm³/mol. The van der Waals surface area contributed by atoms with Crippen molar-refractivity contribution in [3.05, 3.63) is 127 Å². The first-order valence-corrected chi connectivity index (χ1v) is 23.5. The van der Waals surface area contributed by atoms with Crippen LogP contribution in [0.4, 0.5) is 22.7 Å². The van der Waals surface area contributed by atoms with Gasteiger partial charge in [0.05, 0.1) is 55.0 Å². The predicted octanol–water partition coefficient (Wildman–Crippen LogP) is 5.12. The number of aliphatic hydroxyl groups is 2. The van der Waals surface area contributed by atoms with Crippen molar-refractivity contribution >= 4 is 112 Å². The van der Waals surface area contributed by atoms with Crippen molar-refractivity contribution < 1.29 is 46.5 Å². The lowest BCUT2D eigenvalue weighted by Gasteiger charge is -2.16. The lowest BCUT2D eigenvalue weighted by atomic mass is 9.95. The van der Waals surface area contributed by atoms with E-state index >= 15 is 0 Å². The molecule has 64 heavy (non-hydrogen) atoms. The van der Waals surface area contributed by atoms with Crippen LogP contribution in [0.15, 0.2) is 94.7 Å². The van der Waals surface area contributed by atoms with Crippen molar-refractivity contribution in [2.24, 2.45) is 0 Å². The lowest BCUT2D eigenvalue weighted by molar-refractivity contribution is -0.383. The van der Waals surface area contributed by atoms with Gasteiger partial charge in [-0.2, -0.15) is 0 Å². The summed E-state index contributed by atoms with van der Waals surface area (Å²) in [4.78, 5) is 52.8. The van der Waals surface area contributed by atoms with Crippen molar-refractivity contribution in [1.82, 2.24) is 9.44 Å². The number of nitrogens with zero attached hydrogens (tertiary/aromatic N) is 4. The molecule has 18 nitrogen and oxygen atoms in total. The molecule has 7 rings (SSSR count). The zero-order valence-electron chi connectivity index (χ0n) is 33.4. The number of amides is 2. The molecule has 0 saturated carbocycles. The molecule has 22 heteroatoms. The average Bonchev–Trinajstić information content (AvgIpc) is 3.87. The van der Waals surface area contributed by atoms with E-state index in [-0.39, 0.29) is 69.9 Å². The number of benzene rings is 5. The van der Waals surface area contributed by atoms with Crippen LogP contribution in [0.5, 0.6) is 0 Å². The summed E-state index contributed by atoms with van der Waals surface area (Å²) in [6, 6.07) is 17.1. The van der Waals surface area contributed by atoms with Crippen LogP contribution in [0.1, 0.15) is 34.1 Å². The summed E-state index contributed by atoms with van der Waals surface area (Å²) in [5, 5.41) is 43.5. The lowest BCUT2D eigenvalue weighted by Crippen LogP contribution is -2.28. The van der Waals surface area contributed by atoms with E-state index in [2.05, 4.69) is 9.44 Å². The molecule has 2 aliphatic heterocycles. The number of hydrogen-bond acceptors (Lipinski definition) is 12. The average molecular weight is 954 g/mol. The van der Waals surface area contributed by atoms with Gasteiger partial charge in [-0.15, -0.1) is 23.2 Å². The quantitative estimate of drug-likeness (QED) is 0.0435. The molecule has 0 aliphatic carbocycles. The van der Waals surface area contributed by atoms with E-state index in [1.165, 1.54) is 70.5 Å². The smallest absolute Gasteiger partial charge is 0.279 e. The molecule has 2 amide bonds. The summed E-state index contributed by atoms with van der Waals surface area (Å²) >= 11 is 12.7. The highest BCUT2D eigenvalue weighted by molar-refractivity contribution is 7.89. The van der Waals surface area contributed by atoms with Crippen molar-refractivity contribution in [1.29, 1.82) is 0 Å². The summed E-state index contributed by atoms with van der Waals surface area (Å²) < 4.78 is 55.5. The fourth-order valence-corrected chi connectivity index (χ4v) is 10.6. The number of carbonyl (C=O) groups excluding carboxylic acids is 2. The minimum atomic E-state index is -4.08. The van der Waals surface area contributed by atoms with Crippen LogP contribution in [-0.2, 0) is 29.6 Å². The van der Waals surface area contributed by atoms with Crippen LogP contribution in [0.2, 0.25) is 0 Å². The normalized spacial score (nSPS) is 16.3. The molecule has 5 aromatic carbocycles. The summed E-state index contributed by atoms with van der Waals surface area (Å²) in [5.74, 6) is -1.69. The number of sulfonamides is 2. The highest BCUT2D eigenvalue weighted by atomic mass is 35.5. The maximum atomic E-state index is 13.7. The maximum Gasteiger partial charge on any atom is 0.279 e. The molecule has 334 valence electrons. The third-order valence-electron chi connectivity index (χ3n) is 10.9. The van der Waals surface area contributed by atoms with E-state index < -0.39 is 78.1 Å². The first kappa shape index (κ1) is 46.2. The minimum absolute atomic E-state index is 0.0496. The Morgan fingerprint density at radius 3 is 1.34 bits per heavy atom. The largest absolute Gasteiger partial charge is 0.395 e. The molecule has 0 aromatic heterocycles. The van der Waals surface area contributed by atoms with E-state index in [4.69, 9.17) is 33.4 Å². The van der Waals surface area contributed by atoms with Gasteiger partial charge in [0.1, 0.15) is 0 Å². The molecular weight excluding hydrogens is 916 g/mol. The Balaban J connectivity index is 1.10. The molecule has 0 bridgehead atoms. The molecule has 0 saturated heterocycles. The number of nitro groups is 2. The van der Waals surface area contributed by atoms with Gasteiger partial charge in [-0.25, -0.2) is 26.3 Å². The second kappa shape index (κ2) is 18.7. The van der Waals surface area contributed by atoms with Crippen LogP contribution in [0.3, 0.4) is 0 Å². The number of fused-ring (bicyclic) bond motifs is 6. The van der Waals surface area contributed by atoms with Gasteiger partial charge < -0.3 is 20.0 Å². The molecule has 0 fully saturated rings. The summed E-state index contributed by atoms with van der Waals surface area (Å²) in [5.41, 5.74) is 2.06. The Bertz CT molecular complexity index is 2820. The first-order chi connectivity index (χ1) is 30.5. The summed E-state index contributed by atoms with van der Waals surface area (Å²) in [6.07, 6.45) is 5.72. The third kappa shape index (κ3) is 8.95. The number of halogens is 2. The van der Waals surface area contributed by atoms with Gasteiger partial charge in [0.2, 0.25) is 20.0 Å². The molecule has 4 N–H and O–H groups in total. The Labute approximate surface area is 375 Å². The molecular formula is C42H38Cl2N6O12S2. The minimum Gasteiger partial charge on any atom is -0.395 e. The van der Waals surface area contributed by atoms with Crippen LogP contribution >= 0.6 is 23.2 Å². The summed E-state index contributed by atoms with van der Waals surface area (Å²) in [7, 11) is -8.17. The van der Waals surface area contributed by atoms with Gasteiger partial charge in [0, 0.05) is 74.1 Å². The number of carbonyl (C=O) groups is 2. The summed E-state index contributed by atoms with van der Waals surface area (Å²) in [6.45, 7) is -1.16. The molecule has 0 spiro atoms. The Kier molecular flexibility index (Phi) is 13.5. The highest BCUT2D eigenvalue weighted by Gasteiger charge is 2.37. The van der Waals surface area contributed by atoms with Crippen molar-refractivity contribution in [2.75, 3.05) is 61.0 Å². The van der Waals surface area contributed by atoms with Crippen LogP contribution < -0.4 is 19.2 Å². The fraction of sp³-hybridized carbons (Fsp3) is 0.238. The number of aliphatic hydroxyl groups excluding tert-OH is 2. The molecule has 0 radical (unpaired) electrons. The van der Waals surface area contributed by atoms with Crippen molar-refractivity contribution in [3.63, 3.8) is 0 Å². The monoisotopic (exact) mass is 952 g/mol. The van der Waals surface area contributed by atoms with E-state index in [1.807, 2.05) is 0 Å². The van der Waals surface area contributed by atoms with Crippen LogP contribution in [0, 0.1) is 20.2 Å². The molecule has 2 atom stereocenters. The fourth-order valence-electron chi connectivity index (χ4n) is 7.98. The van der Waals surface area contributed by atoms with Gasteiger partial charge in [-0.1, -0.05) is 36.4 Å². The maximum absolute atomic E-state index is 13.7. The van der Waals surface area contributed by atoms with Gasteiger partial charge in [0.25, 0.3) is 23.2 Å². The number of rotatable bonds is 16. The second-order valence-corrected chi connectivity index (χ2v) is 18.9. The number of non-ortho nitro benzene ring substituents is 2. The SMILES string of the molecule is O=C(/C=C/c1ccc(/C=C/C(=O)N2CC(CCl)c3c2cc([N+](=O)[O-])c2cc(S(=O)(=O)NCCO)ccc32)cc1)N1CC(CCl)c2c1cc([N+](=O)[O-])c1cc(S(=O)(=O)NCCO)ccc21. The van der Waals surface area contributed by atoms with E-state index in [1.54, 1.807) is 36.4 Å². The molecule has 2 unspecified atom stereocenters. The Hall–Kier alpha value is -5.84. The van der Waals surface area contributed by atoms with Crippen molar-refractivity contribution in [2.45, 2.75) is 21.6 Å². The second-order valence-electron chi connectivity index (χ2n) is 14.8. The number of nitro benzene ring substituents is 2. The van der Waals surface area contributed by atoms with Crippen molar-refractivity contribution in [3.8, 4) is 0 Å². The standard InChI is InChI=1S/C42H38Cl2N6O12S2/c43-21-27-23-47(37-19-35(49(55)56)33-17-29(7-9-31(33)41(27)37)63(59,60)45-13-15-51)39(53)11-5-25-1-2-26(4-3-25)6-12-40(54)48-24-28(22-44)42-32-10-8-30(64(61,62)46-14-16-52)18-34(32)36(50(57)58)20-38(42)48/h1-12,17-20,27-28,45-46,51-52H,13-16,21-24H2/b11-5+,12-6+. The van der Waals surface area contributed by atoms with Gasteiger partial charge in [0.15, 0.2) is 0 Å². The van der Waals surface area contributed by atoms with E-state index in [0.29, 0.717) is 33.0 Å². The Morgan fingerprint density at radius 2 is 1.02 bits per heavy atom. The number of alkyl halides is 2. The third-order valence-corrected chi connectivity index (χ3v) is 14.6. The molecule has 2 aliphatic rings. The topological polar surface area (TPSA) is 260 Å². The zero-order valence-corrected chi connectivity index (χ0v) is 36.5. The van der Waals surface area contributed by atoms with Crippen LogP contribution in [0.25, 0.3) is 33.7 Å². The molecule has 5 aromatic rings. The van der Waals surface area contributed by atoms with E-state index in [0.717, 1.165) is 0 Å². The zero-order chi connectivity index (χ0) is 46.1.